The van der Waals surface area contributed by atoms with Crippen molar-refractivity contribution < 1.29 is 5.11 Å². The fourth-order valence-corrected chi connectivity index (χ4v) is 2.22. The van der Waals surface area contributed by atoms with Crippen LogP contribution in [-0.2, 0) is 0 Å². The lowest BCUT2D eigenvalue weighted by Gasteiger charge is -2.09. The molecule has 3 rings (SSSR count). The van der Waals surface area contributed by atoms with Crippen molar-refractivity contribution in [1.29, 1.82) is 0 Å². The van der Waals surface area contributed by atoms with Gasteiger partial charge in [-0.05, 0) is 30.2 Å². The third-order valence-corrected chi connectivity index (χ3v) is 3.03. The number of phenols is 1. The van der Waals surface area contributed by atoms with E-state index in [0.29, 0.717) is 5.52 Å². The second-order valence-electron chi connectivity index (χ2n) is 4.35. The first-order valence-electron chi connectivity index (χ1n) is 5.90. The van der Waals surface area contributed by atoms with Crippen LogP contribution >= 0.6 is 0 Å². The highest BCUT2D eigenvalue weighted by Gasteiger charge is 2.08. The van der Waals surface area contributed by atoms with Gasteiger partial charge in [-0.3, -0.25) is 0 Å². The normalized spacial score (nSPS) is 10.7. The van der Waals surface area contributed by atoms with Gasteiger partial charge in [0.05, 0.1) is 0 Å². The van der Waals surface area contributed by atoms with E-state index in [0.717, 1.165) is 22.2 Å². The molecule has 0 saturated heterocycles. The van der Waals surface area contributed by atoms with E-state index in [-0.39, 0.29) is 5.75 Å². The molecule has 0 atom stereocenters. The second kappa shape index (κ2) is 4.15. The van der Waals surface area contributed by atoms with Gasteiger partial charge in [0.1, 0.15) is 11.3 Å². The molecular weight excluding hydrogens is 222 g/mol. The number of rotatable bonds is 1. The summed E-state index contributed by atoms with van der Waals surface area (Å²) in [6.45, 7) is 1.94. The predicted octanol–water partition coefficient (Wildman–Crippen LogP) is 3.92. The van der Waals surface area contributed by atoms with Crippen molar-refractivity contribution in [3.8, 4) is 16.9 Å². The lowest BCUT2D eigenvalue weighted by Crippen LogP contribution is -1.88. The van der Waals surface area contributed by atoms with E-state index in [1.54, 1.807) is 6.07 Å². The minimum absolute atomic E-state index is 0.230. The molecule has 0 bridgehead atoms. The van der Waals surface area contributed by atoms with Crippen LogP contribution in [0.15, 0.2) is 54.6 Å². The van der Waals surface area contributed by atoms with E-state index in [1.165, 1.54) is 0 Å². The molecule has 0 aliphatic carbocycles. The van der Waals surface area contributed by atoms with Crippen molar-refractivity contribution in [1.82, 2.24) is 4.98 Å². The molecule has 0 fully saturated rings. The molecule has 88 valence electrons. The SMILES string of the molecule is Cc1cc(-c2ccccc2)c2cccc(O)c2n1. The van der Waals surface area contributed by atoms with E-state index in [1.807, 2.05) is 37.3 Å². The molecule has 0 aliphatic rings. The molecule has 3 aromatic rings. The summed E-state index contributed by atoms with van der Waals surface area (Å²) in [6.07, 6.45) is 0. The lowest BCUT2D eigenvalue weighted by atomic mass is 10.00. The molecule has 2 nitrogen and oxygen atoms in total. The Labute approximate surface area is 106 Å². The van der Waals surface area contributed by atoms with Gasteiger partial charge in [0, 0.05) is 11.1 Å². The Kier molecular flexibility index (Phi) is 2.49. The van der Waals surface area contributed by atoms with Crippen molar-refractivity contribution >= 4 is 10.9 Å². The number of benzene rings is 2. The fourth-order valence-electron chi connectivity index (χ4n) is 2.22. The van der Waals surface area contributed by atoms with Gasteiger partial charge in [-0.2, -0.15) is 0 Å². The second-order valence-corrected chi connectivity index (χ2v) is 4.35. The number of para-hydroxylation sites is 1. The van der Waals surface area contributed by atoms with Crippen molar-refractivity contribution in [2.45, 2.75) is 6.92 Å². The van der Waals surface area contributed by atoms with Crippen LogP contribution < -0.4 is 0 Å². The van der Waals surface area contributed by atoms with Crippen LogP contribution in [0.4, 0.5) is 0 Å². The molecule has 1 heterocycles. The molecule has 0 aliphatic heterocycles. The molecule has 2 aromatic carbocycles. The number of fused-ring (bicyclic) bond motifs is 1. The van der Waals surface area contributed by atoms with E-state index in [2.05, 4.69) is 23.2 Å². The number of hydrogen-bond donors (Lipinski definition) is 1. The van der Waals surface area contributed by atoms with Crippen LogP contribution in [-0.4, -0.2) is 10.1 Å². The van der Waals surface area contributed by atoms with Gasteiger partial charge in [0.2, 0.25) is 0 Å². The van der Waals surface area contributed by atoms with Crippen LogP contribution in [0.5, 0.6) is 5.75 Å². The molecule has 1 N–H and O–H groups in total. The first-order chi connectivity index (χ1) is 8.75. The third kappa shape index (κ3) is 1.72. The van der Waals surface area contributed by atoms with Crippen LogP contribution in [0.2, 0.25) is 0 Å². The summed E-state index contributed by atoms with van der Waals surface area (Å²) < 4.78 is 0. The van der Waals surface area contributed by atoms with Crippen LogP contribution in [0.1, 0.15) is 5.69 Å². The third-order valence-electron chi connectivity index (χ3n) is 3.03. The Morgan fingerprint density at radius 3 is 2.50 bits per heavy atom. The summed E-state index contributed by atoms with van der Waals surface area (Å²) in [5.74, 6) is 0.230. The fraction of sp³-hybridized carbons (Fsp3) is 0.0625. The standard InChI is InChI=1S/C16H13NO/c1-11-10-14(12-6-3-2-4-7-12)13-8-5-9-15(18)16(13)17-11/h2-10,18H,1H3. The van der Waals surface area contributed by atoms with Gasteiger partial charge in [-0.15, -0.1) is 0 Å². The maximum absolute atomic E-state index is 9.90. The molecule has 2 heteroatoms. The summed E-state index contributed by atoms with van der Waals surface area (Å²) in [4.78, 5) is 4.41. The number of aromatic hydroxyl groups is 1. The van der Waals surface area contributed by atoms with Gasteiger partial charge < -0.3 is 5.11 Å². The van der Waals surface area contributed by atoms with Crippen molar-refractivity contribution in [2.75, 3.05) is 0 Å². The summed E-state index contributed by atoms with van der Waals surface area (Å²) in [5.41, 5.74) is 3.81. The van der Waals surface area contributed by atoms with E-state index in [4.69, 9.17) is 0 Å². The number of aryl methyl sites for hydroxylation is 1. The summed E-state index contributed by atoms with van der Waals surface area (Å²) in [5, 5.41) is 10.9. The maximum atomic E-state index is 9.90. The summed E-state index contributed by atoms with van der Waals surface area (Å²) in [6, 6.07) is 17.7. The van der Waals surface area contributed by atoms with Crippen LogP contribution in [0.3, 0.4) is 0 Å². The van der Waals surface area contributed by atoms with Crippen molar-refractivity contribution in [3.05, 3.63) is 60.3 Å². The highest BCUT2D eigenvalue weighted by Crippen LogP contribution is 2.32. The zero-order valence-electron chi connectivity index (χ0n) is 10.1. The molecule has 0 unspecified atom stereocenters. The minimum atomic E-state index is 0.230. The first-order valence-corrected chi connectivity index (χ1v) is 5.90. The molecule has 0 saturated carbocycles. The van der Waals surface area contributed by atoms with Gasteiger partial charge in [-0.25, -0.2) is 4.98 Å². The Hall–Kier alpha value is -2.35. The highest BCUT2D eigenvalue weighted by atomic mass is 16.3. The quantitative estimate of drug-likeness (QED) is 0.693. The van der Waals surface area contributed by atoms with Gasteiger partial charge in [0.25, 0.3) is 0 Å². The monoisotopic (exact) mass is 235 g/mol. The van der Waals surface area contributed by atoms with Crippen LogP contribution in [0.25, 0.3) is 22.0 Å². The molecular formula is C16H13NO. The van der Waals surface area contributed by atoms with E-state index in [9.17, 15) is 5.11 Å². The smallest absolute Gasteiger partial charge is 0.141 e. The number of nitrogens with zero attached hydrogens (tertiary/aromatic N) is 1. The van der Waals surface area contributed by atoms with Crippen molar-refractivity contribution in [3.63, 3.8) is 0 Å². The Morgan fingerprint density at radius 1 is 0.944 bits per heavy atom. The first kappa shape index (κ1) is 10.8. The largest absolute Gasteiger partial charge is 0.506 e. The van der Waals surface area contributed by atoms with E-state index >= 15 is 0 Å². The van der Waals surface area contributed by atoms with Gasteiger partial charge in [0.15, 0.2) is 0 Å². The Morgan fingerprint density at radius 2 is 1.72 bits per heavy atom. The molecule has 0 spiro atoms. The summed E-state index contributed by atoms with van der Waals surface area (Å²) in [7, 11) is 0. The zero-order valence-corrected chi connectivity index (χ0v) is 10.1. The Balaban J connectivity index is 2.39. The van der Waals surface area contributed by atoms with E-state index < -0.39 is 0 Å². The summed E-state index contributed by atoms with van der Waals surface area (Å²) >= 11 is 0. The number of pyridine rings is 1. The average molecular weight is 235 g/mol. The zero-order chi connectivity index (χ0) is 12.5. The predicted molar refractivity (Wildman–Crippen MR) is 73.6 cm³/mol. The molecule has 1 aromatic heterocycles. The molecule has 0 radical (unpaired) electrons. The van der Waals surface area contributed by atoms with Crippen LogP contribution in [0, 0.1) is 6.92 Å². The average Bonchev–Trinajstić information content (AvgIpc) is 2.40. The topological polar surface area (TPSA) is 33.1 Å². The van der Waals surface area contributed by atoms with Crippen molar-refractivity contribution in [2.24, 2.45) is 0 Å². The molecule has 18 heavy (non-hydrogen) atoms. The maximum Gasteiger partial charge on any atom is 0.141 e. The highest BCUT2D eigenvalue weighted by molar-refractivity contribution is 5.97. The molecule has 0 amide bonds. The minimum Gasteiger partial charge on any atom is -0.506 e. The van der Waals surface area contributed by atoms with Gasteiger partial charge in [-0.1, -0.05) is 42.5 Å². The number of phenolic OH excluding ortho intramolecular Hbond substituents is 1. The Bertz CT molecular complexity index is 705. The van der Waals surface area contributed by atoms with Gasteiger partial charge >= 0.3 is 0 Å². The lowest BCUT2D eigenvalue weighted by molar-refractivity contribution is 0.480. The number of aromatic nitrogens is 1. The number of hydrogen-bond acceptors (Lipinski definition) is 2.